The Morgan fingerprint density at radius 2 is 2.50 bits per heavy atom. The number of hydrogen-bond donors (Lipinski definition) is 1. The molecule has 0 spiro atoms. The second-order valence-corrected chi connectivity index (χ2v) is 5.10. The maximum atomic E-state index is 5.70. The molecule has 2 N–H and O–H groups in total. The smallest absolute Gasteiger partial charge is 0.191 e. The molecule has 0 radical (unpaired) electrons. The summed E-state index contributed by atoms with van der Waals surface area (Å²) in [5, 5.41) is 6.61. The molecule has 5 heteroatoms. The van der Waals surface area contributed by atoms with Crippen molar-refractivity contribution in [2.75, 3.05) is 6.54 Å². The molecule has 3 rings (SSSR count). The van der Waals surface area contributed by atoms with Gasteiger partial charge in [0.05, 0.1) is 4.88 Å². The van der Waals surface area contributed by atoms with Gasteiger partial charge in [-0.25, -0.2) is 9.67 Å². The van der Waals surface area contributed by atoms with Crippen LogP contribution >= 0.6 is 11.3 Å². The molecular weight excluding hydrogens is 220 g/mol. The second kappa shape index (κ2) is 3.99. The van der Waals surface area contributed by atoms with Crippen molar-refractivity contribution < 1.29 is 0 Å². The van der Waals surface area contributed by atoms with E-state index < -0.39 is 0 Å². The molecule has 2 aromatic heterocycles. The van der Waals surface area contributed by atoms with Crippen molar-refractivity contribution >= 4 is 11.3 Å². The van der Waals surface area contributed by atoms with E-state index in [-0.39, 0.29) is 0 Å². The molecule has 1 atom stereocenters. The molecule has 0 saturated carbocycles. The van der Waals surface area contributed by atoms with E-state index in [0.717, 1.165) is 42.5 Å². The molecule has 0 aliphatic carbocycles. The van der Waals surface area contributed by atoms with Crippen molar-refractivity contribution in [2.45, 2.75) is 19.4 Å². The van der Waals surface area contributed by atoms with Crippen molar-refractivity contribution in [2.24, 2.45) is 11.7 Å². The molecule has 1 unspecified atom stereocenters. The van der Waals surface area contributed by atoms with Crippen molar-refractivity contribution in [3.05, 3.63) is 23.3 Å². The van der Waals surface area contributed by atoms with Crippen LogP contribution in [0.25, 0.3) is 10.7 Å². The third-order valence-electron chi connectivity index (χ3n) is 3.03. The fraction of sp³-hybridized carbons (Fsp3) is 0.455. The van der Waals surface area contributed by atoms with Crippen LogP contribution in [0.15, 0.2) is 17.5 Å². The van der Waals surface area contributed by atoms with Gasteiger partial charge in [0, 0.05) is 13.0 Å². The zero-order chi connectivity index (χ0) is 11.0. The highest BCUT2D eigenvalue weighted by Gasteiger charge is 2.21. The van der Waals surface area contributed by atoms with E-state index in [0.29, 0.717) is 5.92 Å². The summed E-state index contributed by atoms with van der Waals surface area (Å²) in [4.78, 5) is 5.73. The monoisotopic (exact) mass is 234 g/mol. The Morgan fingerprint density at radius 1 is 1.56 bits per heavy atom. The molecule has 84 valence electrons. The van der Waals surface area contributed by atoms with Crippen LogP contribution in [-0.4, -0.2) is 21.3 Å². The Balaban J connectivity index is 1.92. The van der Waals surface area contributed by atoms with Gasteiger partial charge in [-0.2, -0.15) is 0 Å². The first-order valence-electron chi connectivity index (χ1n) is 5.54. The lowest BCUT2D eigenvalue weighted by atomic mass is 10.0. The van der Waals surface area contributed by atoms with Crippen LogP contribution in [0, 0.1) is 5.92 Å². The Hall–Kier alpha value is -1.20. The lowest BCUT2D eigenvalue weighted by molar-refractivity contribution is 0.350. The van der Waals surface area contributed by atoms with Crippen LogP contribution in [0.3, 0.4) is 0 Å². The predicted molar refractivity (Wildman–Crippen MR) is 64.2 cm³/mol. The minimum absolute atomic E-state index is 0.561. The summed E-state index contributed by atoms with van der Waals surface area (Å²) in [6.07, 6.45) is 2.14. The number of nitrogens with two attached hydrogens (primary N) is 1. The van der Waals surface area contributed by atoms with Crippen LogP contribution in [-0.2, 0) is 13.0 Å². The van der Waals surface area contributed by atoms with Crippen LogP contribution in [0.1, 0.15) is 12.2 Å². The first-order chi connectivity index (χ1) is 7.86. The van der Waals surface area contributed by atoms with E-state index >= 15 is 0 Å². The van der Waals surface area contributed by atoms with Gasteiger partial charge < -0.3 is 5.73 Å². The number of nitrogens with zero attached hydrogens (tertiary/aromatic N) is 3. The minimum atomic E-state index is 0.561. The Bertz CT molecular complexity index is 474. The van der Waals surface area contributed by atoms with Gasteiger partial charge >= 0.3 is 0 Å². The molecule has 2 aromatic rings. The van der Waals surface area contributed by atoms with Crippen LogP contribution in [0.2, 0.25) is 0 Å². The first-order valence-corrected chi connectivity index (χ1v) is 6.42. The van der Waals surface area contributed by atoms with Gasteiger partial charge in [0.15, 0.2) is 5.82 Å². The third kappa shape index (κ3) is 1.66. The van der Waals surface area contributed by atoms with Crippen LogP contribution in [0.4, 0.5) is 0 Å². The number of aryl methyl sites for hydroxylation is 1. The summed E-state index contributed by atoms with van der Waals surface area (Å²) >= 11 is 1.68. The maximum Gasteiger partial charge on any atom is 0.191 e. The molecule has 0 saturated heterocycles. The lowest BCUT2D eigenvalue weighted by Crippen LogP contribution is -2.27. The van der Waals surface area contributed by atoms with Crippen LogP contribution in [0.5, 0.6) is 0 Å². The average molecular weight is 234 g/mol. The van der Waals surface area contributed by atoms with Gasteiger partial charge in [-0.1, -0.05) is 6.07 Å². The predicted octanol–water partition coefficient (Wildman–Crippen LogP) is 1.53. The highest BCUT2D eigenvalue weighted by Crippen LogP contribution is 2.24. The fourth-order valence-electron chi connectivity index (χ4n) is 2.08. The average Bonchev–Trinajstić information content (AvgIpc) is 2.96. The number of fused-ring (bicyclic) bond motifs is 1. The summed E-state index contributed by atoms with van der Waals surface area (Å²) < 4.78 is 2.02. The summed E-state index contributed by atoms with van der Waals surface area (Å²) in [6, 6.07) is 4.09. The van der Waals surface area contributed by atoms with Gasteiger partial charge in [-0.15, -0.1) is 16.4 Å². The summed E-state index contributed by atoms with van der Waals surface area (Å²) in [7, 11) is 0. The number of hydrogen-bond acceptors (Lipinski definition) is 4. The van der Waals surface area contributed by atoms with E-state index in [2.05, 4.69) is 21.5 Å². The topological polar surface area (TPSA) is 56.7 Å². The van der Waals surface area contributed by atoms with Gasteiger partial charge in [0.2, 0.25) is 0 Å². The van der Waals surface area contributed by atoms with Gasteiger partial charge in [-0.3, -0.25) is 0 Å². The molecular formula is C11H14N4S. The van der Waals surface area contributed by atoms with Crippen LogP contribution < -0.4 is 5.73 Å². The molecule has 16 heavy (non-hydrogen) atoms. The minimum Gasteiger partial charge on any atom is -0.330 e. The van der Waals surface area contributed by atoms with Crippen molar-refractivity contribution in [3.8, 4) is 10.7 Å². The Kier molecular flexibility index (Phi) is 2.49. The molecule has 4 nitrogen and oxygen atoms in total. The van der Waals surface area contributed by atoms with E-state index in [1.54, 1.807) is 11.3 Å². The highest BCUT2D eigenvalue weighted by atomic mass is 32.1. The largest absolute Gasteiger partial charge is 0.330 e. The molecule has 0 aromatic carbocycles. The van der Waals surface area contributed by atoms with Gasteiger partial charge in [0.1, 0.15) is 5.82 Å². The SMILES string of the molecule is NCC1CCc2nc(-c3cccs3)nn2C1. The van der Waals surface area contributed by atoms with E-state index in [1.165, 1.54) is 0 Å². The second-order valence-electron chi connectivity index (χ2n) is 4.15. The Morgan fingerprint density at radius 3 is 3.25 bits per heavy atom. The summed E-state index contributed by atoms with van der Waals surface area (Å²) in [5.74, 6) is 2.53. The van der Waals surface area contributed by atoms with Crippen molar-refractivity contribution in [1.82, 2.24) is 14.8 Å². The standard InChI is InChI=1S/C11H14N4S/c12-6-8-3-4-10-13-11(14-15(10)7-8)9-2-1-5-16-9/h1-2,5,8H,3-4,6-7,12H2. The lowest BCUT2D eigenvalue weighted by Gasteiger charge is -2.20. The zero-order valence-electron chi connectivity index (χ0n) is 8.97. The molecule has 3 heterocycles. The fourth-order valence-corrected chi connectivity index (χ4v) is 2.73. The summed E-state index contributed by atoms with van der Waals surface area (Å²) in [5.41, 5.74) is 5.70. The number of rotatable bonds is 2. The molecule has 0 bridgehead atoms. The Labute approximate surface area is 98.1 Å². The first kappa shape index (κ1) is 9.99. The zero-order valence-corrected chi connectivity index (χ0v) is 9.78. The van der Waals surface area contributed by atoms with Crippen molar-refractivity contribution in [3.63, 3.8) is 0 Å². The van der Waals surface area contributed by atoms with E-state index in [1.807, 2.05) is 10.7 Å². The number of aromatic nitrogens is 3. The quantitative estimate of drug-likeness (QED) is 0.857. The number of thiophene rings is 1. The third-order valence-corrected chi connectivity index (χ3v) is 3.90. The maximum absolute atomic E-state index is 5.70. The molecule has 1 aliphatic heterocycles. The molecule has 0 fully saturated rings. The van der Waals surface area contributed by atoms with E-state index in [9.17, 15) is 0 Å². The normalized spacial score (nSPS) is 19.7. The summed E-state index contributed by atoms with van der Waals surface area (Å²) in [6.45, 7) is 1.66. The van der Waals surface area contributed by atoms with Gasteiger partial charge in [0.25, 0.3) is 0 Å². The van der Waals surface area contributed by atoms with Crippen molar-refractivity contribution in [1.29, 1.82) is 0 Å². The van der Waals surface area contributed by atoms with Gasteiger partial charge in [-0.05, 0) is 30.3 Å². The molecule has 0 amide bonds. The molecule has 1 aliphatic rings. The van der Waals surface area contributed by atoms with E-state index in [4.69, 9.17) is 5.73 Å². The highest BCUT2D eigenvalue weighted by molar-refractivity contribution is 7.13.